The second-order valence-electron chi connectivity index (χ2n) is 5.83. The first-order valence-corrected chi connectivity index (χ1v) is 7.52. The Balaban J connectivity index is 1.85. The fourth-order valence-electron chi connectivity index (χ4n) is 3.04. The van der Waals surface area contributed by atoms with E-state index in [-0.39, 0.29) is 0 Å². The van der Waals surface area contributed by atoms with Crippen LogP contribution in [0.4, 0.5) is 0 Å². The Morgan fingerprint density at radius 3 is 2.83 bits per heavy atom. The molecule has 18 heavy (non-hydrogen) atoms. The van der Waals surface area contributed by atoms with Gasteiger partial charge in [0.2, 0.25) is 0 Å². The quantitative estimate of drug-likeness (QED) is 0.849. The lowest BCUT2D eigenvalue weighted by Crippen LogP contribution is -2.40. The highest BCUT2D eigenvalue weighted by Gasteiger charge is 2.20. The van der Waals surface area contributed by atoms with Crippen LogP contribution >= 0.6 is 11.6 Å². The molecule has 0 spiro atoms. The van der Waals surface area contributed by atoms with Crippen molar-refractivity contribution in [2.75, 3.05) is 0 Å². The lowest BCUT2D eigenvalue weighted by Gasteiger charge is -2.30. The van der Waals surface area contributed by atoms with Crippen LogP contribution in [0.15, 0.2) is 24.3 Å². The molecule has 0 bridgehead atoms. The van der Waals surface area contributed by atoms with Gasteiger partial charge in [-0.15, -0.1) is 0 Å². The average molecular weight is 266 g/mol. The SMILES string of the molecule is CC1CCCC(NC(C)Cc2ccccc2Cl)C1. The van der Waals surface area contributed by atoms with Gasteiger partial charge < -0.3 is 5.32 Å². The Morgan fingerprint density at radius 1 is 1.33 bits per heavy atom. The lowest BCUT2D eigenvalue weighted by molar-refractivity contribution is 0.284. The van der Waals surface area contributed by atoms with Crippen molar-refractivity contribution in [3.05, 3.63) is 34.9 Å². The highest BCUT2D eigenvalue weighted by molar-refractivity contribution is 6.31. The van der Waals surface area contributed by atoms with E-state index in [1.54, 1.807) is 0 Å². The Hall–Kier alpha value is -0.530. The largest absolute Gasteiger partial charge is 0.311 e. The second-order valence-corrected chi connectivity index (χ2v) is 6.24. The van der Waals surface area contributed by atoms with Crippen molar-refractivity contribution >= 4 is 11.6 Å². The van der Waals surface area contributed by atoms with E-state index < -0.39 is 0 Å². The summed E-state index contributed by atoms with van der Waals surface area (Å²) in [4.78, 5) is 0. The average Bonchev–Trinajstić information content (AvgIpc) is 2.32. The number of hydrogen-bond donors (Lipinski definition) is 1. The monoisotopic (exact) mass is 265 g/mol. The third-order valence-electron chi connectivity index (χ3n) is 3.94. The number of nitrogens with one attached hydrogen (secondary N) is 1. The predicted octanol–water partition coefficient (Wildman–Crippen LogP) is 4.44. The van der Waals surface area contributed by atoms with Crippen molar-refractivity contribution in [1.29, 1.82) is 0 Å². The van der Waals surface area contributed by atoms with Crippen molar-refractivity contribution in [3.8, 4) is 0 Å². The van der Waals surface area contributed by atoms with E-state index in [1.165, 1.54) is 31.2 Å². The Morgan fingerprint density at radius 2 is 2.11 bits per heavy atom. The normalized spacial score (nSPS) is 25.9. The first kappa shape index (κ1) is 13.9. The highest BCUT2D eigenvalue weighted by atomic mass is 35.5. The van der Waals surface area contributed by atoms with Crippen LogP contribution in [0.5, 0.6) is 0 Å². The van der Waals surface area contributed by atoms with Gasteiger partial charge in [-0.05, 0) is 43.7 Å². The van der Waals surface area contributed by atoms with Crippen LogP contribution in [0, 0.1) is 5.92 Å². The summed E-state index contributed by atoms with van der Waals surface area (Å²) in [5, 5.41) is 4.66. The molecule has 3 unspecified atom stereocenters. The Bertz CT molecular complexity index is 377. The third kappa shape index (κ3) is 4.00. The summed E-state index contributed by atoms with van der Waals surface area (Å²) in [5.74, 6) is 0.878. The van der Waals surface area contributed by atoms with Gasteiger partial charge in [0.15, 0.2) is 0 Å². The maximum absolute atomic E-state index is 6.21. The summed E-state index contributed by atoms with van der Waals surface area (Å²) in [5.41, 5.74) is 1.25. The second kappa shape index (κ2) is 6.58. The number of halogens is 1. The minimum atomic E-state index is 0.500. The van der Waals surface area contributed by atoms with Gasteiger partial charge in [0.1, 0.15) is 0 Å². The molecule has 100 valence electrons. The van der Waals surface area contributed by atoms with E-state index in [9.17, 15) is 0 Å². The molecule has 1 fully saturated rings. The molecular weight excluding hydrogens is 242 g/mol. The van der Waals surface area contributed by atoms with E-state index in [2.05, 4.69) is 31.3 Å². The van der Waals surface area contributed by atoms with Crippen molar-refractivity contribution < 1.29 is 0 Å². The predicted molar refractivity (Wildman–Crippen MR) is 79.2 cm³/mol. The van der Waals surface area contributed by atoms with Gasteiger partial charge in [-0.2, -0.15) is 0 Å². The van der Waals surface area contributed by atoms with Gasteiger partial charge in [-0.1, -0.05) is 49.6 Å². The summed E-state index contributed by atoms with van der Waals surface area (Å²) in [7, 11) is 0. The molecule has 0 saturated heterocycles. The lowest BCUT2D eigenvalue weighted by atomic mass is 9.86. The minimum absolute atomic E-state index is 0.500. The summed E-state index contributed by atoms with van der Waals surface area (Å²) >= 11 is 6.21. The summed E-state index contributed by atoms with van der Waals surface area (Å²) in [6.07, 6.45) is 6.45. The van der Waals surface area contributed by atoms with Gasteiger partial charge in [-0.3, -0.25) is 0 Å². The molecule has 0 radical (unpaired) electrons. The van der Waals surface area contributed by atoms with Crippen molar-refractivity contribution in [1.82, 2.24) is 5.32 Å². The van der Waals surface area contributed by atoms with Crippen molar-refractivity contribution in [3.63, 3.8) is 0 Å². The fraction of sp³-hybridized carbons (Fsp3) is 0.625. The van der Waals surface area contributed by atoms with E-state index in [4.69, 9.17) is 11.6 Å². The number of rotatable bonds is 4. The summed E-state index contributed by atoms with van der Waals surface area (Å²) in [6.45, 7) is 4.63. The minimum Gasteiger partial charge on any atom is -0.311 e. The summed E-state index contributed by atoms with van der Waals surface area (Å²) in [6, 6.07) is 9.37. The zero-order chi connectivity index (χ0) is 13.0. The molecule has 1 aromatic rings. The van der Waals surface area contributed by atoms with Crippen LogP contribution in [-0.2, 0) is 6.42 Å². The third-order valence-corrected chi connectivity index (χ3v) is 4.31. The maximum atomic E-state index is 6.21. The topological polar surface area (TPSA) is 12.0 Å². The van der Waals surface area contributed by atoms with Gasteiger partial charge >= 0.3 is 0 Å². The first-order valence-electron chi connectivity index (χ1n) is 7.14. The molecule has 0 heterocycles. The van der Waals surface area contributed by atoms with E-state index in [1.807, 2.05) is 12.1 Å². The molecule has 0 amide bonds. The number of hydrogen-bond acceptors (Lipinski definition) is 1. The van der Waals surface area contributed by atoms with Crippen LogP contribution in [0.2, 0.25) is 5.02 Å². The first-order chi connectivity index (χ1) is 8.65. The van der Waals surface area contributed by atoms with Gasteiger partial charge in [0, 0.05) is 17.1 Å². The standard InChI is InChI=1S/C16H24ClN/c1-12-6-5-8-15(10-12)18-13(2)11-14-7-3-4-9-16(14)17/h3-4,7,9,12-13,15,18H,5-6,8,10-11H2,1-2H3. The van der Waals surface area contributed by atoms with Gasteiger partial charge in [0.05, 0.1) is 0 Å². The van der Waals surface area contributed by atoms with Crippen LogP contribution in [0.25, 0.3) is 0 Å². The van der Waals surface area contributed by atoms with Crippen molar-refractivity contribution in [2.45, 2.75) is 58.0 Å². The molecule has 3 atom stereocenters. The van der Waals surface area contributed by atoms with Crippen LogP contribution in [0.3, 0.4) is 0 Å². The van der Waals surface area contributed by atoms with E-state index in [0.717, 1.165) is 17.4 Å². The van der Waals surface area contributed by atoms with Gasteiger partial charge in [0.25, 0.3) is 0 Å². The zero-order valence-electron chi connectivity index (χ0n) is 11.5. The molecule has 2 rings (SSSR count). The molecule has 1 aliphatic carbocycles. The molecule has 0 aromatic heterocycles. The molecular formula is C16H24ClN. The highest BCUT2D eigenvalue weighted by Crippen LogP contribution is 2.24. The van der Waals surface area contributed by atoms with Gasteiger partial charge in [-0.25, -0.2) is 0 Å². The number of benzene rings is 1. The van der Waals surface area contributed by atoms with Crippen LogP contribution < -0.4 is 5.32 Å². The zero-order valence-corrected chi connectivity index (χ0v) is 12.2. The smallest absolute Gasteiger partial charge is 0.0438 e. The molecule has 1 aromatic carbocycles. The molecule has 1 nitrogen and oxygen atoms in total. The molecule has 1 saturated carbocycles. The Kier molecular flexibility index (Phi) is 5.08. The molecule has 0 aliphatic heterocycles. The molecule has 2 heteroatoms. The van der Waals surface area contributed by atoms with Crippen LogP contribution in [0.1, 0.15) is 45.1 Å². The molecule has 1 aliphatic rings. The fourth-order valence-corrected chi connectivity index (χ4v) is 3.25. The molecule has 1 N–H and O–H groups in total. The maximum Gasteiger partial charge on any atom is 0.0438 e. The summed E-state index contributed by atoms with van der Waals surface area (Å²) < 4.78 is 0. The van der Waals surface area contributed by atoms with E-state index >= 15 is 0 Å². The Labute approximate surface area is 116 Å². The van der Waals surface area contributed by atoms with Crippen molar-refractivity contribution in [2.24, 2.45) is 5.92 Å². The van der Waals surface area contributed by atoms with E-state index in [0.29, 0.717) is 12.1 Å². The van der Waals surface area contributed by atoms with Crippen LogP contribution in [-0.4, -0.2) is 12.1 Å².